The summed E-state index contributed by atoms with van der Waals surface area (Å²) in [7, 11) is 0. The molecule has 0 saturated carbocycles. The summed E-state index contributed by atoms with van der Waals surface area (Å²) in [5.74, 6) is -0.557. The minimum atomic E-state index is -0.370. The molecule has 1 atom stereocenters. The molecular formula is C31H30F2N4O2. The summed E-state index contributed by atoms with van der Waals surface area (Å²) in [6, 6.07) is 17.0. The summed E-state index contributed by atoms with van der Waals surface area (Å²) in [4.78, 5) is 36.8. The van der Waals surface area contributed by atoms with Crippen LogP contribution >= 0.6 is 0 Å². The largest absolute Gasteiger partial charge is 0.352 e. The number of nitrogens with zero attached hydrogens (tertiary/aromatic N) is 3. The standard InChI is InChI=1S/C31H30F2N4O2/c1-2-4-28(38)37-16-3-5-20(19-37)18-34-31(39)23-10-15-26-27(17-23)36-30(22-8-13-25(33)14-9-22)29(35-26)21-6-11-24(32)12-7-21/h6-15,17,20H,2-5,16,18-19H2,1H3,(H,34,39)/t20-/m1/s1. The molecule has 2 heterocycles. The van der Waals surface area contributed by atoms with Gasteiger partial charge in [0, 0.05) is 42.7 Å². The molecule has 2 amide bonds. The number of aromatic nitrogens is 2. The Morgan fingerprint density at radius 3 is 2.13 bits per heavy atom. The van der Waals surface area contributed by atoms with Crippen LogP contribution < -0.4 is 5.32 Å². The highest BCUT2D eigenvalue weighted by Crippen LogP contribution is 2.31. The molecule has 4 aromatic rings. The normalized spacial score (nSPS) is 15.4. The zero-order chi connectivity index (χ0) is 27.4. The van der Waals surface area contributed by atoms with Gasteiger partial charge in [0.25, 0.3) is 5.91 Å². The van der Waals surface area contributed by atoms with E-state index in [1.54, 1.807) is 42.5 Å². The van der Waals surface area contributed by atoms with Gasteiger partial charge >= 0.3 is 0 Å². The SMILES string of the molecule is CCCC(=O)N1CCC[C@H](CNC(=O)c2ccc3nc(-c4ccc(F)cc4)c(-c4ccc(F)cc4)nc3c2)C1. The van der Waals surface area contributed by atoms with Crippen LogP contribution in [0.4, 0.5) is 8.78 Å². The molecule has 6 nitrogen and oxygen atoms in total. The van der Waals surface area contributed by atoms with Crippen molar-refractivity contribution in [2.45, 2.75) is 32.6 Å². The lowest BCUT2D eigenvalue weighted by molar-refractivity contribution is -0.133. The second-order valence-corrected chi connectivity index (χ2v) is 9.95. The number of nitrogens with one attached hydrogen (secondary N) is 1. The first kappa shape index (κ1) is 26.4. The Morgan fingerprint density at radius 2 is 1.51 bits per heavy atom. The fraction of sp³-hybridized carbons (Fsp3) is 0.290. The highest BCUT2D eigenvalue weighted by atomic mass is 19.1. The average molecular weight is 529 g/mol. The molecular weight excluding hydrogens is 498 g/mol. The van der Waals surface area contributed by atoms with Crippen molar-refractivity contribution >= 4 is 22.8 Å². The van der Waals surface area contributed by atoms with Crippen LogP contribution in [0.15, 0.2) is 66.7 Å². The molecule has 0 radical (unpaired) electrons. The Balaban J connectivity index is 1.39. The molecule has 1 aliphatic heterocycles. The predicted molar refractivity (Wildman–Crippen MR) is 147 cm³/mol. The molecule has 1 aromatic heterocycles. The number of likely N-dealkylation sites (tertiary alicyclic amines) is 1. The number of carbonyl (C=O) groups excluding carboxylic acids is 2. The van der Waals surface area contributed by atoms with E-state index in [0.717, 1.165) is 25.8 Å². The molecule has 8 heteroatoms. The van der Waals surface area contributed by atoms with Gasteiger partial charge in [-0.1, -0.05) is 6.92 Å². The fourth-order valence-corrected chi connectivity index (χ4v) is 4.98. The molecule has 1 fully saturated rings. The molecule has 3 aromatic carbocycles. The van der Waals surface area contributed by atoms with Crippen LogP contribution in [0.2, 0.25) is 0 Å². The van der Waals surface area contributed by atoms with E-state index >= 15 is 0 Å². The van der Waals surface area contributed by atoms with E-state index in [1.165, 1.54) is 24.3 Å². The van der Waals surface area contributed by atoms with Gasteiger partial charge in [0.1, 0.15) is 11.6 Å². The van der Waals surface area contributed by atoms with E-state index in [9.17, 15) is 18.4 Å². The minimum Gasteiger partial charge on any atom is -0.352 e. The van der Waals surface area contributed by atoms with Crippen LogP contribution in [0.3, 0.4) is 0 Å². The first-order chi connectivity index (χ1) is 18.9. The van der Waals surface area contributed by atoms with Gasteiger partial charge in [-0.3, -0.25) is 9.59 Å². The maximum Gasteiger partial charge on any atom is 0.251 e. The van der Waals surface area contributed by atoms with Gasteiger partial charge in [0.05, 0.1) is 22.4 Å². The number of piperidine rings is 1. The summed E-state index contributed by atoms with van der Waals surface area (Å²) in [6.07, 6.45) is 3.28. The number of halogens is 2. The Kier molecular flexibility index (Phi) is 7.91. The van der Waals surface area contributed by atoms with Crippen molar-refractivity contribution in [3.8, 4) is 22.5 Å². The Morgan fingerprint density at radius 1 is 0.897 bits per heavy atom. The number of hydrogen-bond acceptors (Lipinski definition) is 4. The predicted octanol–water partition coefficient (Wildman–Crippen LogP) is 6.01. The highest BCUT2D eigenvalue weighted by molar-refractivity contribution is 5.98. The monoisotopic (exact) mass is 528 g/mol. The lowest BCUT2D eigenvalue weighted by Crippen LogP contribution is -2.43. The first-order valence-corrected chi connectivity index (χ1v) is 13.3. The van der Waals surface area contributed by atoms with E-state index in [0.29, 0.717) is 58.6 Å². The molecule has 0 unspecified atom stereocenters. The quantitative estimate of drug-likeness (QED) is 0.319. The summed E-state index contributed by atoms with van der Waals surface area (Å²) in [6.45, 7) is 3.93. The number of carbonyl (C=O) groups is 2. The minimum absolute atomic E-state index is 0.179. The van der Waals surface area contributed by atoms with Crippen LogP contribution in [0.5, 0.6) is 0 Å². The van der Waals surface area contributed by atoms with E-state index in [4.69, 9.17) is 9.97 Å². The zero-order valence-electron chi connectivity index (χ0n) is 21.8. The molecule has 200 valence electrons. The number of rotatable bonds is 7. The van der Waals surface area contributed by atoms with Crippen LogP contribution in [0.25, 0.3) is 33.5 Å². The van der Waals surface area contributed by atoms with Gasteiger partial charge in [-0.15, -0.1) is 0 Å². The lowest BCUT2D eigenvalue weighted by atomic mass is 9.97. The molecule has 0 aliphatic carbocycles. The number of fused-ring (bicyclic) bond motifs is 1. The van der Waals surface area contributed by atoms with Gasteiger partial charge in [-0.2, -0.15) is 0 Å². The van der Waals surface area contributed by atoms with Crippen molar-refractivity contribution in [2.75, 3.05) is 19.6 Å². The molecule has 39 heavy (non-hydrogen) atoms. The Bertz CT molecular complexity index is 1490. The third-order valence-electron chi connectivity index (χ3n) is 7.05. The molecule has 0 spiro atoms. The van der Waals surface area contributed by atoms with Crippen LogP contribution in [0, 0.1) is 17.6 Å². The van der Waals surface area contributed by atoms with Gasteiger partial charge in [0.15, 0.2) is 0 Å². The van der Waals surface area contributed by atoms with Crippen molar-refractivity contribution in [2.24, 2.45) is 5.92 Å². The van der Waals surface area contributed by atoms with Gasteiger partial charge < -0.3 is 10.2 Å². The van der Waals surface area contributed by atoms with Crippen molar-refractivity contribution < 1.29 is 18.4 Å². The number of amides is 2. The summed E-state index contributed by atoms with van der Waals surface area (Å²) < 4.78 is 27.2. The van der Waals surface area contributed by atoms with Crippen molar-refractivity contribution in [1.82, 2.24) is 20.2 Å². The highest BCUT2D eigenvalue weighted by Gasteiger charge is 2.24. The third kappa shape index (κ3) is 6.11. The van der Waals surface area contributed by atoms with E-state index in [-0.39, 0.29) is 29.4 Å². The molecule has 1 N–H and O–H groups in total. The maximum absolute atomic E-state index is 13.6. The molecule has 1 saturated heterocycles. The van der Waals surface area contributed by atoms with Crippen LogP contribution in [-0.2, 0) is 4.79 Å². The fourth-order valence-electron chi connectivity index (χ4n) is 4.98. The second-order valence-electron chi connectivity index (χ2n) is 9.95. The van der Waals surface area contributed by atoms with Crippen molar-refractivity contribution in [3.63, 3.8) is 0 Å². The average Bonchev–Trinajstić information content (AvgIpc) is 2.96. The van der Waals surface area contributed by atoms with Crippen LogP contribution in [-0.4, -0.2) is 46.3 Å². The first-order valence-electron chi connectivity index (χ1n) is 13.3. The maximum atomic E-state index is 13.6. The van der Waals surface area contributed by atoms with Crippen LogP contribution in [0.1, 0.15) is 43.0 Å². The van der Waals surface area contributed by atoms with Gasteiger partial charge in [-0.25, -0.2) is 18.7 Å². The smallest absolute Gasteiger partial charge is 0.251 e. The summed E-state index contributed by atoms with van der Waals surface area (Å²) >= 11 is 0. The topological polar surface area (TPSA) is 75.2 Å². The lowest BCUT2D eigenvalue weighted by Gasteiger charge is -2.33. The van der Waals surface area contributed by atoms with E-state index in [1.807, 2.05) is 11.8 Å². The number of hydrogen-bond donors (Lipinski definition) is 1. The van der Waals surface area contributed by atoms with E-state index < -0.39 is 0 Å². The van der Waals surface area contributed by atoms with Gasteiger partial charge in [-0.05, 0) is 91.9 Å². The van der Waals surface area contributed by atoms with Crippen molar-refractivity contribution in [1.29, 1.82) is 0 Å². The third-order valence-corrected chi connectivity index (χ3v) is 7.05. The molecule has 0 bridgehead atoms. The van der Waals surface area contributed by atoms with Crippen molar-refractivity contribution in [3.05, 3.63) is 83.9 Å². The molecule has 5 rings (SSSR count). The summed E-state index contributed by atoms with van der Waals surface area (Å²) in [5.41, 5.74) is 3.91. The Labute approximate surface area is 226 Å². The second kappa shape index (κ2) is 11.7. The van der Waals surface area contributed by atoms with Gasteiger partial charge in [0.2, 0.25) is 5.91 Å². The number of benzene rings is 3. The molecule has 1 aliphatic rings. The zero-order valence-corrected chi connectivity index (χ0v) is 21.8. The summed E-state index contributed by atoms with van der Waals surface area (Å²) in [5, 5.41) is 3.02. The van der Waals surface area contributed by atoms with E-state index in [2.05, 4.69) is 5.32 Å². The Hall–Kier alpha value is -4.20.